The summed E-state index contributed by atoms with van der Waals surface area (Å²) in [4.78, 5) is 13.2. The quantitative estimate of drug-likeness (QED) is 0.552. The van der Waals surface area contributed by atoms with E-state index in [-0.39, 0.29) is 0 Å². The summed E-state index contributed by atoms with van der Waals surface area (Å²) in [6.45, 7) is 1.96. The van der Waals surface area contributed by atoms with Crippen LogP contribution in [0.4, 0.5) is 0 Å². The summed E-state index contributed by atoms with van der Waals surface area (Å²) < 4.78 is 5.62. The smallest absolute Gasteiger partial charge is 0.182 e. The lowest BCUT2D eigenvalue weighted by Gasteiger charge is -2.03. The van der Waals surface area contributed by atoms with Gasteiger partial charge in [0.05, 0.1) is 11.2 Å². The van der Waals surface area contributed by atoms with Crippen LogP contribution < -0.4 is 0 Å². The molecule has 4 heteroatoms. The number of aromatic nitrogens is 3. The van der Waals surface area contributed by atoms with Crippen LogP contribution in [0.5, 0.6) is 0 Å². The number of oxazole rings is 1. The SMILES string of the molecule is Cc1cccc(-c2ncoc2-c2ccc3ncccc3c2)n1. The molecular formula is C18H13N3O. The molecule has 3 aromatic heterocycles. The van der Waals surface area contributed by atoms with Gasteiger partial charge < -0.3 is 4.42 Å². The number of hydrogen-bond acceptors (Lipinski definition) is 4. The van der Waals surface area contributed by atoms with E-state index in [4.69, 9.17) is 4.42 Å². The van der Waals surface area contributed by atoms with Crippen molar-refractivity contribution in [3.63, 3.8) is 0 Å². The lowest BCUT2D eigenvalue weighted by Crippen LogP contribution is -1.89. The zero-order valence-corrected chi connectivity index (χ0v) is 12.0. The van der Waals surface area contributed by atoms with E-state index in [1.807, 2.05) is 49.4 Å². The molecule has 0 N–H and O–H groups in total. The lowest BCUT2D eigenvalue weighted by atomic mass is 10.1. The van der Waals surface area contributed by atoms with Gasteiger partial charge in [-0.25, -0.2) is 4.98 Å². The number of rotatable bonds is 2. The van der Waals surface area contributed by atoms with Crippen LogP contribution in [0, 0.1) is 6.92 Å². The lowest BCUT2D eigenvalue weighted by molar-refractivity contribution is 0.572. The molecule has 1 aromatic carbocycles. The Balaban J connectivity index is 1.87. The fourth-order valence-electron chi connectivity index (χ4n) is 2.53. The normalized spacial score (nSPS) is 11.0. The Morgan fingerprint density at radius 1 is 0.955 bits per heavy atom. The molecule has 0 spiro atoms. The Morgan fingerprint density at radius 2 is 1.91 bits per heavy atom. The van der Waals surface area contributed by atoms with Crippen molar-refractivity contribution in [1.29, 1.82) is 0 Å². The molecule has 0 bridgehead atoms. The van der Waals surface area contributed by atoms with Crippen LogP contribution in [0.1, 0.15) is 5.69 Å². The van der Waals surface area contributed by atoms with Gasteiger partial charge in [-0.1, -0.05) is 12.1 Å². The van der Waals surface area contributed by atoms with Gasteiger partial charge in [-0.3, -0.25) is 9.97 Å². The molecule has 0 fully saturated rings. The van der Waals surface area contributed by atoms with Gasteiger partial charge in [-0.2, -0.15) is 0 Å². The Morgan fingerprint density at radius 3 is 2.82 bits per heavy atom. The predicted octanol–water partition coefficient (Wildman–Crippen LogP) is 4.26. The van der Waals surface area contributed by atoms with E-state index in [2.05, 4.69) is 21.0 Å². The molecule has 106 valence electrons. The van der Waals surface area contributed by atoms with Crippen LogP contribution in [0.3, 0.4) is 0 Å². The van der Waals surface area contributed by atoms with Gasteiger partial charge in [0.15, 0.2) is 12.2 Å². The van der Waals surface area contributed by atoms with E-state index >= 15 is 0 Å². The maximum Gasteiger partial charge on any atom is 0.182 e. The highest BCUT2D eigenvalue weighted by atomic mass is 16.3. The monoisotopic (exact) mass is 287 g/mol. The molecule has 0 unspecified atom stereocenters. The standard InChI is InChI=1S/C18H13N3O/c1-12-4-2-6-16(21-12)17-18(22-11-20-17)14-7-8-15-13(10-14)5-3-9-19-15/h2-11H,1H3. The van der Waals surface area contributed by atoms with Crippen molar-refractivity contribution >= 4 is 10.9 Å². The summed E-state index contributed by atoms with van der Waals surface area (Å²) in [7, 11) is 0. The first-order chi connectivity index (χ1) is 10.8. The third-order valence-electron chi connectivity index (χ3n) is 3.56. The molecule has 4 rings (SSSR count). The van der Waals surface area contributed by atoms with Gasteiger partial charge in [0.1, 0.15) is 5.69 Å². The highest BCUT2D eigenvalue weighted by molar-refractivity contribution is 5.86. The molecule has 0 radical (unpaired) electrons. The number of pyridine rings is 2. The molecule has 0 saturated heterocycles. The fourth-order valence-corrected chi connectivity index (χ4v) is 2.53. The van der Waals surface area contributed by atoms with E-state index < -0.39 is 0 Å². The summed E-state index contributed by atoms with van der Waals surface area (Å²) in [6, 6.07) is 15.9. The van der Waals surface area contributed by atoms with Crippen molar-refractivity contribution in [2.75, 3.05) is 0 Å². The Hall–Kier alpha value is -3.01. The summed E-state index contributed by atoms with van der Waals surface area (Å²) in [6.07, 6.45) is 3.25. The number of aryl methyl sites for hydroxylation is 1. The molecule has 4 nitrogen and oxygen atoms in total. The van der Waals surface area contributed by atoms with Crippen LogP contribution in [0.15, 0.2) is 65.5 Å². The molecule has 4 aromatic rings. The van der Waals surface area contributed by atoms with Crippen molar-refractivity contribution in [2.24, 2.45) is 0 Å². The summed E-state index contributed by atoms with van der Waals surface area (Å²) in [5.41, 5.74) is 4.45. The van der Waals surface area contributed by atoms with E-state index in [1.54, 1.807) is 6.20 Å². The first-order valence-electron chi connectivity index (χ1n) is 7.04. The maximum absolute atomic E-state index is 5.62. The molecule has 0 aliphatic carbocycles. The zero-order chi connectivity index (χ0) is 14.9. The maximum atomic E-state index is 5.62. The number of benzene rings is 1. The van der Waals surface area contributed by atoms with Gasteiger partial charge >= 0.3 is 0 Å². The third kappa shape index (κ3) is 2.15. The van der Waals surface area contributed by atoms with Crippen LogP contribution in [-0.4, -0.2) is 15.0 Å². The highest BCUT2D eigenvalue weighted by Crippen LogP contribution is 2.31. The average molecular weight is 287 g/mol. The van der Waals surface area contributed by atoms with Crippen molar-refractivity contribution in [2.45, 2.75) is 6.92 Å². The van der Waals surface area contributed by atoms with E-state index in [1.165, 1.54) is 6.39 Å². The van der Waals surface area contributed by atoms with Crippen LogP contribution >= 0.6 is 0 Å². The second-order valence-electron chi connectivity index (χ2n) is 5.11. The number of fused-ring (bicyclic) bond motifs is 1. The van der Waals surface area contributed by atoms with E-state index in [0.717, 1.165) is 39.3 Å². The average Bonchev–Trinajstić information content (AvgIpc) is 3.04. The topological polar surface area (TPSA) is 51.8 Å². The Labute approximate surface area is 127 Å². The minimum absolute atomic E-state index is 0.726. The molecule has 22 heavy (non-hydrogen) atoms. The van der Waals surface area contributed by atoms with Gasteiger partial charge in [0.25, 0.3) is 0 Å². The fraction of sp³-hybridized carbons (Fsp3) is 0.0556. The van der Waals surface area contributed by atoms with Gasteiger partial charge in [0, 0.05) is 22.8 Å². The molecule has 3 heterocycles. The second kappa shape index (κ2) is 5.07. The molecule has 0 atom stereocenters. The summed E-state index contributed by atoms with van der Waals surface area (Å²) >= 11 is 0. The molecule has 0 saturated carbocycles. The van der Waals surface area contributed by atoms with Crippen LogP contribution in [-0.2, 0) is 0 Å². The molecular weight excluding hydrogens is 274 g/mol. The van der Waals surface area contributed by atoms with Crippen molar-refractivity contribution in [3.8, 4) is 22.7 Å². The highest BCUT2D eigenvalue weighted by Gasteiger charge is 2.14. The van der Waals surface area contributed by atoms with E-state index in [9.17, 15) is 0 Å². The number of hydrogen-bond donors (Lipinski definition) is 0. The van der Waals surface area contributed by atoms with Crippen molar-refractivity contribution in [3.05, 3.63) is 66.8 Å². The zero-order valence-electron chi connectivity index (χ0n) is 12.0. The van der Waals surface area contributed by atoms with E-state index in [0.29, 0.717) is 0 Å². The Bertz CT molecular complexity index is 959. The molecule has 0 amide bonds. The minimum Gasteiger partial charge on any atom is -0.443 e. The first-order valence-corrected chi connectivity index (χ1v) is 7.04. The second-order valence-corrected chi connectivity index (χ2v) is 5.11. The van der Waals surface area contributed by atoms with Crippen molar-refractivity contribution < 1.29 is 4.42 Å². The summed E-state index contributed by atoms with van der Waals surface area (Å²) in [5, 5.41) is 1.07. The minimum atomic E-state index is 0.726. The predicted molar refractivity (Wildman–Crippen MR) is 85.2 cm³/mol. The third-order valence-corrected chi connectivity index (χ3v) is 3.56. The van der Waals surface area contributed by atoms with Crippen molar-refractivity contribution in [1.82, 2.24) is 15.0 Å². The van der Waals surface area contributed by atoms with Gasteiger partial charge in [0.2, 0.25) is 0 Å². The molecule has 0 aliphatic heterocycles. The number of nitrogens with zero attached hydrogens (tertiary/aromatic N) is 3. The first kappa shape index (κ1) is 12.7. The van der Waals surface area contributed by atoms with Crippen LogP contribution in [0.25, 0.3) is 33.6 Å². The van der Waals surface area contributed by atoms with Crippen LogP contribution in [0.2, 0.25) is 0 Å². The Kier molecular flexibility index (Phi) is 2.93. The van der Waals surface area contributed by atoms with Gasteiger partial charge in [-0.15, -0.1) is 0 Å². The molecule has 0 aliphatic rings. The summed E-state index contributed by atoms with van der Waals surface area (Å²) in [5.74, 6) is 0.726. The largest absolute Gasteiger partial charge is 0.443 e. The van der Waals surface area contributed by atoms with Gasteiger partial charge in [-0.05, 0) is 43.3 Å².